The molecule has 0 spiro atoms. The van der Waals surface area contributed by atoms with Crippen molar-refractivity contribution in [3.05, 3.63) is 35.4 Å². The lowest BCUT2D eigenvalue weighted by atomic mass is 9.90. The van der Waals surface area contributed by atoms with Crippen LogP contribution >= 0.6 is 0 Å². The molecule has 1 aliphatic rings. The van der Waals surface area contributed by atoms with Gasteiger partial charge >= 0.3 is 0 Å². The third kappa shape index (κ3) is 5.28. The third-order valence-corrected chi connectivity index (χ3v) is 4.61. The quantitative estimate of drug-likeness (QED) is 0.823. The van der Waals surface area contributed by atoms with E-state index in [4.69, 9.17) is 0 Å². The van der Waals surface area contributed by atoms with Crippen molar-refractivity contribution < 1.29 is 9.90 Å². The summed E-state index contributed by atoms with van der Waals surface area (Å²) >= 11 is 0. The largest absolute Gasteiger partial charge is 0.396 e. The maximum absolute atomic E-state index is 12.5. The number of carbonyl (C=O) groups is 1. The van der Waals surface area contributed by atoms with E-state index >= 15 is 0 Å². The number of carbonyl (C=O) groups excluding carboxylic acids is 1. The molecule has 1 aromatic rings. The molecule has 1 aliphatic carbocycles. The number of benzene rings is 1. The smallest absolute Gasteiger partial charge is 0.163 e. The molecule has 1 N–H and O–H groups in total. The summed E-state index contributed by atoms with van der Waals surface area (Å²) in [5.41, 5.74) is 2.07. The molecule has 0 saturated carbocycles. The highest BCUT2D eigenvalue weighted by Crippen LogP contribution is 2.21. The first kappa shape index (κ1) is 16.2. The fourth-order valence-electron chi connectivity index (χ4n) is 3.27. The highest BCUT2D eigenvalue weighted by atomic mass is 16.3. The van der Waals surface area contributed by atoms with Gasteiger partial charge in [0.05, 0.1) is 0 Å². The molecule has 21 heavy (non-hydrogen) atoms. The van der Waals surface area contributed by atoms with Crippen molar-refractivity contribution in [3.63, 3.8) is 0 Å². The zero-order valence-corrected chi connectivity index (χ0v) is 13.0. The Hall–Kier alpha value is -1.15. The van der Waals surface area contributed by atoms with Gasteiger partial charge in [0.25, 0.3) is 0 Å². The number of hydrogen-bond donors (Lipinski definition) is 1. The van der Waals surface area contributed by atoms with Gasteiger partial charge in [-0.15, -0.1) is 0 Å². The maximum Gasteiger partial charge on any atom is 0.163 e. The van der Waals surface area contributed by atoms with Crippen LogP contribution in [0.4, 0.5) is 0 Å². The molecule has 116 valence electrons. The van der Waals surface area contributed by atoms with Crippen LogP contribution in [0.2, 0.25) is 0 Å². The fourth-order valence-corrected chi connectivity index (χ4v) is 3.27. The SMILES string of the molecule is O=C1C[C@H](CO)CCCCCCCCCc2ccccc21. The van der Waals surface area contributed by atoms with Crippen molar-refractivity contribution in [2.24, 2.45) is 5.92 Å². The molecule has 0 amide bonds. The predicted octanol–water partition coefficient (Wildman–Crippen LogP) is 4.54. The van der Waals surface area contributed by atoms with Gasteiger partial charge in [-0.3, -0.25) is 4.79 Å². The average molecular weight is 288 g/mol. The van der Waals surface area contributed by atoms with Crippen molar-refractivity contribution >= 4 is 5.78 Å². The maximum atomic E-state index is 12.5. The van der Waals surface area contributed by atoms with Crippen LogP contribution in [0.1, 0.15) is 73.7 Å². The molecule has 0 saturated heterocycles. The standard InChI is InChI=1S/C19H28O2/c20-15-16-10-6-4-2-1-3-5-7-11-17-12-8-9-13-18(17)19(21)14-16/h8-9,12-13,16,20H,1-7,10-11,14-15H2/t16-/m1/s1. The summed E-state index contributed by atoms with van der Waals surface area (Å²) in [7, 11) is 0. The second-order valence-corrected chi connectivity index (χ2v) is 6.35. The number of aliphatic hydroxyl groups excluding tert-OH is 1. The van der Waals surface area contributed by atoms with Crippen molar-refractivity contribution in [3.8, 4) is 0 Å². The van der Waals surface area contributed by atoms with Crippen LogP contribution in [0.5, 0.6) is 0 Å². The normalized spacial score (nSPS) is 22.3. The van der Waals surface area contributed by atoms with Gasteiger partial charge in [-0.25, -0.2) is 0 Å². The summed E-state index contributed by atoms with van der Waals surface area (Å²) in [6.45, 7) is 0.133. The highest BCUT2D eigenvalue weighted by molar-refractivity contribution is 5.97. The van der Waals surface area contributed by atoms with E-state index in [-0.39, 0.29) is 18.3 Å². The molecule has 0 bridgehead atoms. The van der Waals surface area contributed by atoms with E-state index in [2.05, 4.69) is 6.07 Å². The van der Waals surface area contributed by atoms with Crippen molar-refractivity contribution in [1.29, 1.82) is 0 Å². The Labute approximate surface area is 128 Å². The van der Waals surface area contributed by atoms with Gasteiger partial charge in [-0.1, -0.05) is 62.8 Å². The Kier molecular flexibility index (Phi) is 6.94. The first-order valence-corrected chi connectivity index (χ1v) is 8.53. The van der Waals surface area contributed by atoms with Crippen molar-refractivity contribution in [2.45, 2.75) is 64.2 Å². The van der Waals surface area contributed by atoms with Gasteiger partial charge in [0.15, 0.2) is 5.78 Å². The molecule has 0 heterocycles. The first-order valence-electron chi connectivity index (χ1n) is 8.53. The fraction of sp³-hybridized carbons (Fsp3) is 0.632. The van der Waals surface area contributed by atoms with Crippen LogP contribution < -0.4 is 0 Å². The number of ketones is 1. The molecular formula is C19H28O2. The highest BCUT2D eigenvalue weighted by Gasteiger charge is 2.17. The number of rotatable bonds is 1. The van der Waals surface area contributed by atoms with Crippen molar-refractivity contribution in [1.82, 2.24) is 0 Å². The summed E-state index contributed by atoms with van der Waals surface area (Å²) in [6.07, 6.45) is 11.2. The van der Waals surface area contributed by atoms with Crippen LogP contribution in [-0.2, 0) is 6.42 Å². The number of aliphatic hydroxyl groups is 1. The molecule has 0 fully saturated rings. The Morgan fingerprint density at radius 1 is 0.952 bits per heavy atom. The Balaban J connectivity index is 2.10. The van der Waals surface area contributed by atoms with Crippen LogP contribution in [0.25, 0.3) is 0 Å². The zero-order valence-electron chi connectivity index (χ0n) is 13.0. The van der Waals surface area contributed by atoms with Crippen LogP contribution in [0.15, 0.2) is 24.3 Å². The second-order valence-electron chi connectivity index (χ2n) is 6.35. The topological polar surface area (TPSA) is 37.3 Å². The molecule has 1 aromatic carbocycles. The van der Waals surface area contributed by atoms with Gasteiger partial charge in [-0.05, 0) is 30.7 Å². The summed E-state index contributed by atoms with van der Waals surface area (Å²) in [4.78, 5) is 12.5. The molecule has 0 radical (unpaired) electrons. The summed E-state index contributed by atoms with van der Waals surface area (Å²) in [6, 6.07) is 8.03. The lowest BCUT2D eigenvalue weighted by molar-refractivity contribution is 0.0929. The number of Topliss-reactive ketones (excluding diaryl/α,β-unsaturated/α-hetero) is 1. The van der Waals surface area contributed by atoms with Gasteiger partial charge in [0.1, 0.15) is 0 Å². The number of aryl methyl sites for hydroxylation is 1. The second kappa shape index (κ2) is 8.99. The third-order valence-electron chi connectivity index (χ3n) is 4.61. The Morgan fingerprint density at radius 2 is 1.62 bits per heavy atom. The Morgan fingerprint density at radius 3 is 2.38 bits per heavy atom. The molecule has 0 aromatic heterocycles. The first-order chi connectivity index (χ1) is 10.3. The monoisotopic (exact) mass is 288 g/mol. The average Bonchev–Trinajstić information content (AvgIpc) is 2.51. The van der Waals surface area contributed by atoms with E-state index in [0.29, 0.717) is 6.42 Å². The van der Waals surface area contributed by atoms with E-state index in [1.165, 1.54) is 44.1 Å². The van der Waals surface area contributed by atoms with Crippen LogP contribution in [0, 0.1) is 5.92 Å². The minimum absolute atomic E-state index is 0.133. The predicted molar refractivity (Wildman–Crippen MR) is 86.6 cm³/mol. The molecule has 0 aliphatic heterocycles. The summed E-state index contributed by atoms with van der Waals surface area (Å²) in [5, 5.41) is 9.51. The number of hydrogen-bond acceptors (Lipinski definition) is 2. The van der Waals surface area contributed by atoms with Gasteiger partial charge < -0.3 is 5.11 Å². The van der Waals surface area contributed by atoms with Crippen molar-refractivity contribution in [2.75, 3.05) is 6.61 Å². The lowest BCUT2D eigenvalue weighted by Gasteiger charge is -2.15. The van der Waals surface area contributed by atoms with E-state index in [1.807, 2.05) is 18.2 Å². The zero-order chi connectivity index (χ0) is 14.9. The molecule has 1 atom stereocenters. The minimum Gasteiger partial charge on any atom is -0.396 e. The molecule has 2 rings (SSSR count). The molecule has 2 heteroatoms. The molecular weight excluding hydrogens is 260 g/mol. The van der Waals surface area contributed by atoms with Gasteiger partial charge in [-0.2, -0.15) is 0 Å². The van der Waals surface area contributed by atoms with Gasteiger partial charge in [0.2, 0.25) is 0 Å². The summed E-state index contributed by atoms with van der Waals surface area (Å²) < 4.78 is 0. The molecule has 0 unspecified atom stereocenters. The summed E-state index contributed by atoms with van der Waals surface area (Å²) in [5.74, 6) is 0.343. The van der Waals surface area contributed by atoms with E-state index < -0.39 is 0 Å². The van der Waals surface area contributed by atoms with Crippen LogP contribution in [-0.4, -0.2) is 17.5 Å². The number of fused-ring (bicyclic) bond motifs is 1. The van der Waals surface area contributed by atoms with Crippen LogP contribution in [0.3, 0.4) is 0 Å². The van der Waals surface area contributed by atoms with E-state index in [1.54, 1.807) is 0 Å². The molecule has 2 nitrogen and oxygen atoms in total. The lowest BCUT2D eigenvalue weighted by Crippen LogP contribution is -2.14. The van der Waals surface area contributed by atoms with Gasteiger partial charge in [0, 0.05) is 18.6 Å². The Bertz CT molecular complexity index is 439. The van der Waals surface area contributed by atoms with E-state index in [0.717, 1.165) is 24.8 Å². The minimum atomic E-state index is 0.133. The van der Waals surface area contributed by atoms with E-state index in [9.17, 15) is 9.90 Å².